The van der Waals surface area contributed by atoms with Crippen molar-refractivity contribution < 1.29 is 0 Å². The van der Waals surface area contributed by atoms with Gasteiger partial charge in [0.1, 0.15) is 0 Å². The number of rotatable bonds is 4. The lowest BCUT2D eigenvalue weighted by atomic mass is 9.85. The summed E-state index contributed by atoms with van der Waals surface area (Å²) in [6, 6.07) is 8.32. The van der Waals surface area contributed by atoms with Crippen LogP contribution in [0.25, 0.3) is 0 Å². The Bertz CT molecular complexity index is 350. The predicted molar refractivity (Wildman–Crippen MR) is 76.7 cm³/mol. The molecule has 0 saturated heterocycles. The molecule has 94 valence electrons. The maximum Gasteiger partial charge on any atom is 0.0541 e. The first kappa shape index (κ1) is 13.3. The Labute approximate surface area is 113 Å². The summed E-state index contributed by atoms with van der Waals surface area (Å²) in [5, 5.41) is 0.841. The predicted octanol–water partition coefficient (Wildman–Crippen LogP) is 4.34. The lowest BCUT2D eigenvalue weighted by Gasteiger charge is -2.27. The molecule has 3 heteroatoms. The van der Waals surface area contributed by atoms with E-state index in [1.807, 2.05) is 18.2 Å². The molecule has 1 atom stereocenters. The molecule has 1 nitrogen and oxygen atoms in total. The van der Waals surface area contributed by atoms with Crippen LogP contribution in [0.4, 0.5) is 0 Å². The monoisotopic (exact) mass is 269 g/mol. The van der Waals surface area contributed by atoms with Crippen LogP contribution in [0.2, 0.25) is 5.02 Å². The van der Waals surface area contributed by atoms with Crippen molar-refractivity contribution in [2.45, 2.75) is 43.0 Å². The normalized spacial score (nSPS) is 19.2. The van der Waals surface area contributed by atoms with Crippen LogP contribution in [0.15, 0.2) is 29.2 Å². The molecule has 0 spiro atoms. The van der Waals surface area contributed by atoms with Gasteiger partial charge in [0.15, 0.2) is 0 Å². The molecule has 0 bridgehead atoms. The van der Waals surface area contributed by atoms with Crippen molar-refractivity contribution in [3.05, 3.63) is 29.3 Å². The van der Waals surface area contributed by atoms with Crippen LogP contribution in [-0.4, -0.2) is 11.8 Å². The lowest BCUT2D eigenvalue weighted by molar-refractivity contribution is 0.319. The summed E-state index contributed by atoms with van der Waals surface area (Å²) < 4.78 is 0. The van der Waals surface area contributed by atoms with Gasteiger partial charge in [-0.1, -0.05) is 43.0 Å². The standard InChI is InChI=1S/C14H20ClNS/c15-12-8-4-5-9-14(12)17-10-13(16)11-6-2-1-3-7-11/h4-5,8-9,11,13H,1-3,6-7,10,16H2. The molecule has 1 fully saturated rings. The van der Waals surface area contributed by atoms with Gasteiger partial charge in [-0.15, -0.1) is 11.8 Å². The van der Waals surface area contributed by atoms with E-state index in [2.05, 4.69) is 6.07 Å². The van der Waals surface area contributed by atoms with Crippen LogP contribution in [0.5, 0.6) is 0 Å². The highest BCUT2D eigenvalue weighted by Crippen LogP contribution is 2.31. The largest absolute Gasteiger partial charge is 0.327 e. The maximum atomic E-state index is 6.28. The second-order valence-electron chi connectivity index (χ2n) is 4.80. The van der Waals surface area contributed by atoms with Crippen molar-refractivity contribution >= 4 is 23.4 Å². The molecule has 2 N–H and O–H groups in total. The Morgan fingerprint density at radius 1 is 1.24 bits per heavy atom. The number of hydrogen-bond donors (Lipinski definition) is 1. The molecule has 0 amide bonds. The first-order valence-electron chi connectivity index (χ1n) is 6.40. The number of halogens is 1. The van der Waals surface area contributed by atoms with E-state index in [0.29, 0.717) is 6.04 Å². The van der Waals surface area contributed by atoms with E-state index >= 15 is 0 Å². The topological polar surface area (TPSA) is 26.0 Å². The summed E-state index contributed by atoms with van der Waals surface area (Å²) in [7, 11) is 0. The Hall–Kier alpha value is -0.180. The van der Waals surface area contributed by atoms with Crippen molar-refractivity contribution in [1.82, 2.24) is 0 Å². The minimum Gasteiger partial charge on any atom is -0.327 e. The molecule has 17 heavy (non-hydrogen) atoms. The quantitative estimate of drug-likeness (QED) is 0.823. The van der Waals surface area contributed by atoms with Crippen LogP contribution >= 0.6 is 23.4 Å². The van der Waals surface area contributed by atoms with Gasteiger partial charge in [-0.05, 0) is 30.9 Å². The van der Waals surface area contributed by atoms with Gasteiger partial charge in [-0.2, -0.15) is 0 Å². The van der Waals surface area contributed by atoms with E-state index in [0.717, 1.165) is 21.6 Å². The van der Waals surface area contributed by atoms with Gasteiger partial charge in [-0.3, -0.25) is 0 Å². The molecule has 0 heterocycles. The molecular weight excluding hydrogens is 250 g/mol. The molecule has 1 aliphatic rings. The van der Waals surface area contributed by atoms with Crippen LogP contribution in [0.3, 0.4) is 0 Å². The molecular formula is C14H20ClNS. The van der Waals surface area contributed by atoms with E-state index in [1.54, 1.807) is 11.8 Å². The average Bonchev–Trinajstić information content (AvgIpc) is 2.38. The molecule has 1 aromatic rings. The Morgan fingerprint density at radius 3 is 2.65 bits per heavy atom. The van der Waals surface area contributed by atoms with Gasteiger partial charge >= 0.3 is 0 Å². The van der Waals surface area contributed by atoms with Crippen LogP contribution in [0.1, 0.15) is 32.1 Å². The van der Waals surface area contributed by atoms with Gasteiger partial charge in [0.05, 0.1) is 5.02 Å². The molecule has 1 aliphatic carbocycles. The van der Waals surface area contributed by atoms with Crippen LogP contribution < -0.4 is 5.73 Å². The second kappa shape index (κ2) is 6.67. The van der Waals surface area contributed by atoms with E-state index in [-0.39, 0.29) is 0 Å². The number of thioether (sulfide) groups is 1. The number of benzene rings is 1. The van der Waals surface area contributed by atoms with Crippen LogP contribution in [0, 0.1) is 5.92 Å². The summed E-state index contributed by atoms with van der Waals surface area (Å²) in [6.45, 7) is 0. The van der Waals surface area contributed by atoms with Gasteiger partial charge in [0.25, 0.3) is 0 Å². The molecule has 0 radical (unpaired) electrons. The fraction of sp³-hybridized carbons (Fsp3) is 0.571. The number of hydrogen-bond acceptors (Lipinski definition) is 2. The molecule has 1 saturated carbocycles. The summed E-state index contributed by atoms with van der Waals surface area (Å²) in [5.41, 5.74) is 6.28. The minimum atomic E-state index is 0.316. The zero-order valence-electron chi connectivity index (χ0n) is 10.1. The van der Waals surface area contributed by atoms with E-state index in [9.17, 15) is 0 Å². The fourth-order valence-electron chi connectivity index (χ4n) is 2.45. The van der Waals surface area contributed by atoms with Crippen molar-refractivity contribution in [2.75, 3.05) is 5.75 Å². The van der Waals surface area contributed by atoms with E-state index in [1.165, 1.54) is 32.1 Å². The fourth-order valence-corrected chi connectivity index (χ4v) is 3.77. The molecule has 0 aliphatic heterocycles. The zero-order chi connectivity index (χ0) is 12.1. The van der Waals surface area contributed by atoms with Crippen molar-refractivity contribution in [3.8, 4) is 0 Å². The van der Waals surface area contributed by atoms with Crippen LogP contribution in [-0.2, 0) is 0 Å². The van der Waals surface area contributed by atoms with Gasteiger partial charge in [0, 0.05) is 16.7 Å². The third-order valence-electron chi connectivity index (χ3n) is 3.52. The molecule has 1 aromatic carbocycles. The molecule has 1 unspecified atom stereocenters. The summed E-state index contributed by atoms with van der Waals surface area (Å²) in [6.07, 6.45) is 6.72. The van der Waals surface area contributed by atoms with Crippen molar-refractivity contribution in [3.63, 3.8) is 0 Å². The number of nitrogens with two attached hydrogens (primary N) is 1. The molecule has 0 aromatic heterocycles. The average molecular weight is 270 g/mol. The van der Waals surface area contributed by atoms with Crippen molar-refractivity contribution in [2.24, 2.45) is 11.7 Å². The van der Waals surface area contributed by atoms with Gasteiger partial charge < -0.3 is 5.73 Å². The summed E-state index contributed by atoms with van der Waals surface area (Å²) >= 11 is 7.92. The highest BCUT2D eigenvalue weighted by Gasteiger charge is 2.20. The van der Waals surface area contributed by atoms with E-state index < -0.39 is 0 Å². The molecule has 2 rings (SSSR count). The van der Waals surface area contributed by atoms with E-state index in [4.69, 9.17) is 17.3 Å². The Kier molecular flexibility index (Phi) is 5.20. The second-order valence-corrected chi connectivity index (χ2v) is 6.27. The Balaban J connectivity index is 1.83. The third kappa shape index (κ3) is 3.90. The summed E-state index contributed by atoms with van der Waals surface area (Å²) in [4.78, 5) is 1.15. The first-order chi connectivity index (χ1) is 8.27. The minimum absolute atomic E-state index is 0.316. The van der Waals surface area contributed by atoms with Gasteiger partial charge in [0.2, 0.25) is 0 Å². The highest BCUT2D eigenvalue weighted by atomic mass is 35.5. The third-order valence-corrected chi connectivity index (χ3v) is 5.18. The SMILES string of the molecule is NC(CSc1ccccc1Cl)C1CCCCC1. The van der Waals surface area contributed by atoms with Crippen molar-refractivity contribution in [1.29, 1.82) is 0 Å². The zero-order valence-corrected chi connectivity index (χ0v) is 11.6. The smallest absolute Gasteiger partial charge is 0.0541 e. The maximum absolute atomic E-state index is 6.28. The lowest BCUT2D eigenvalue weighted by Crippen LogP contribution is -2.33. The highest BCUT2D eigenvalue weighted by molar-refractivity contribution is 7.99. The first-order valence-corrected chi connectivity index (χ1v) is 7.76. The summed E-state index contributed by atoms with van der Waals surface area (Å²) in [5.74, 6) is 1.70. The Morgan fingerprint density at radius 2 is 1.94 bits per heavy atom. The van der Waals surface area contributed by atoms with Gasteiger partial charge in [-0.25, -0.2) is 0 Å².